The molecule has 0 aliphatic carbocycles. The molecule has 4 amide bonds. The number of thioether (sulfide) groups is 2. The van der Waals surface area contributed by atoms with Crippen molar-refractivity contribution >= 4 is 82.9 Å². The van der Waals surface area contributed by atoms with Gasteiger partial charge in [-0.1, -0.05) is 23.3 Å². The van der Waals surface area contributed by atoms with E-state index in [1.165, 1.54) is 39.6 Å². The molecule has 2 N–H and O–H groups in total. The molecular formula is C88H130N10O24S2. The highest BCUT2D eigenvalue weighted by atomic mass is 32.2. The number of methoxy groups -OCH3 is 4. The number of benzene rings is 2. The van der Waals surface area contributed by atoms with Crippen molar-refractivity contribution in [2.45, 2.75) is 115 Å². The molecular weight excluding hydrogens is 1650 g/mol. The summed E-state index contributed by atoms with van der Waals surface area (Å²) in [5, 5.41) is 18.7. The standard InChI is InChI=1S/C59H79N7O14S.C29H51N3O10S/c1-10-40-24-44-32-60-49-30-53(51(71-7)28-47(49)57(69)65(44)34-40)79-36-42-26-46(27-43(62-42)37-80-54-31-50-48(29-52(54)72-8)58(70)66-35-41(11-2)25-45(66)33-61-50)78-17-13-63(5)39-59(3,4)81-38-55(67)64(6)14-16-75-19-21-77-23-22-76-20-18-74-15-12-56(68)73-9;1-29(2,23-31(3)7-11-42-26-18-24(20-33)30-25(19-26)21-34)43-22-27(35)32(4)8-10-39-13-15-41-17-16-40-14-12-38-9-6-28(36)37-5/h10-11,26-33,44-45H,12-25,34-39H2,1-9H3;18-19,33-34H,6-17,20-23H2,1-5H3/b40-10+,41-11+;/t44-,45-;/m0./s1. The molecule has 4 aliphatic rings. The molecule has 4 aromatic rings. The summed E-state index contributed by atoms with van der Waals surface area (Å²) in [6.07, 6.45) is 9.69. The van der Waals surface area contributed by atoms with Crippen LogP contribution in [-0.2, 0) is 93.0 Å². The second-order valence-corrected chi connectivity index (χ2v) is 34.2. The van der Waals surface area contributed by atoms with Crippen LogP contribution in [0.2, 0.25) is 0 Å². The summed E-state index contributed by atoms with van der Waals surface area (Å²) in [5.41, 5.74) is 6.24. The van der Waals surface area contributed by atoms with Gasteiger partial charge in [-0.05, 0) is 80.6 Å². The van der Waals surface area contributed by atoms with Crippen molar-refractivity contribution in [2.24, 2.45) is 9.98 Å². The molecule has 6 heterocycles. The van der Waals surface area contributed by atoms with Gasteiger partial charge in [0.1, 0.15) is 37.9 Å². The Kier molecular flexibility index (Phi) is 45.5. The first-order chi connectivity index (χ1) is 59.7. The van der Waals surface area contributed by atoms with E-state index in [0.29, 0.717) is 256 Å². The molecule has 0 bridgehead atoms. The van der Waals surface area contributed by atoms with Gasteiger partial charge < -0.3 is 115 Å². The molecule has 8 rings (SSSR count). The molecule has 2 aromatic heterocycles. The van der Waals surface area contributed by atoms with Gasteiger partial charge >= 0.3 is 11.9 Å². The molecule has 0 radical (unpaired) electrons. The average molecular weight is 1780 g/mol. The smallest absolute Gasteiger partial charge is 0.307 e. The van der Waals surface area contributed by atoms with Gasteiger partial charge in [0.15, 0.2) is 23.0 Å². The maximum absolute atomic E-state index is 13.8. The number of carbonyl (C=O) groups excluding carboxylic acids is 6. The van der Waals surface area contributed by atoms with Crippen molar-refractivity contribution in [1.82, 2.24) is 39.4 Å². The summed E-state index contributed by atoms with van der Waals surface area (Å²) >= 11 is 3.21. The number of aliphatic hydroxyl groups excluding tert-OH is 2. The summed E-state index contributed by atoms with van der Waals surface area (Å²) < 4.78 is 89.0. The molecule has 36 heteroatoms. The van der Waals surface area contributed by atoms with Gasteiger partial charge in [0.25, 0.3) is 11.8 Å². The number of aromatic nitrogens is 2. The lowest BCUT2D eigenvalue weighted by Crippen LogP contribution is -2.38. The van der Waals surface area contributed by atoms with Crippen LogP contribution in [0.1, 0.15) is 111 Å². The van der Waals surface area contributed by atoms with Crippen molar-refractivity contribution in [1.29, 1.82) is 0 Å². The zero-order valence-corrected chi connectivity index (χ0v) is 76.3. The molecule has 2 atom stereocenters. The maximum atomic E-state index is 13.8. The first-order valence-electron chi connectivity index (χ1n) is 41.8. The monoisotopic (exact) mass is 1770 g/mol. The third-order valence-electron chi connectivity index (χ3n) is 20.0. The number of fused-ring (bicyclic) bond motifs is 4. The Labute approximate surface area is 738 Å². The Morgan fingerprint density at radius 2 is 0.790 bits per heavy atom. The first-order valence-corrected chi connectivity index (χ1v) is 43.7. The second-order valence-electron chi connectivity index (χ2n) is 30.8. The largest absolute Gasteiger partial charge is 0.493 e. The number of aliphatic imine (C=N–C) groups is 2. The van der Waals surface area contributed by atoms with Crippen LogP contribution in [0.3, 0.4) is 0 Å². The SMILES string of the molecule is C/C=C1\C[C@H]2C=Nc3cc(OCc4cc(OCCN(C)CC(C)(C)SCC(=O)N(C)CCOCCOCCOCCOCCC(=O)OC)cc(COc5cc6c(cc5OC)C(=O)N5C/C(=C/C)C[C@H]5C=N6)n4)c(OC)cc3C(=O)N2C1.COC(=O)CCOCCOCCOCCOCCN(C)C(=O)CSC(C)(C)CN(C)CCOc1cc(CO)nc(CO)c1. The van der Waals surface area contributed by atoms with Gasteiger partial charge in [-0.3, -0.25) is 48.7 Å². The van der Waals surface area contributed by atoms with Crippen LogP contribution < -0.4 is 28.4 Å². The summed E-state index contributed by atoms with van der Waals surface area (Å²) in [6, 6.07) is 13.5. The highest BCUT2D eigenvalue weighted by molar-refractivity contribution is 8.01. The Hall–Kier alpha value is -8.60. The lowest BCUT2D eigenvalue weighted by Gasteiger charge is -2.30. The number of amides is 4. The van der Waals surface area contributed by atoms with Gasteiger partial charge in [-0.15, -0.1) is 23.5 Å². The van der Waals surface area contributed by atoms with E-state index in [1.54, 1.807) is 83.8 Å². The van der Waals surface area contributed by atoms with E-state index in [9.17, 15) is 39.0 Å². The zero-order valence-electron chi connectivity index (χ0n) is 74.7. The first kappa shape index (κ1) is 102. The minimum Gasteiger partial charge on any atom is -0.493 e. The maximum Gasteiger partial charge on any atom is 0.307 e. The molecule has 4 aliphatic heterocycles. The number of allylic oxidation sites excluding steroid dienone is 2. The fourth-order valence-electron chi connectivity index (χ4n) is 13.2. The Balaban J connectivity index is 0.000000415. The van der Waals surface area contributed by atoms with Crippen molar-refractivity contribution < 1.29 is 115 Å². The summed E-state index contributed by atoms with van der Waals surface area (Å²) in [5.74, 6) is 2.59. The lowest BCUT2D eigenvalue weighted by molar-refractivity contribution is -0.142. The molecule has 2 aromatic carbocycles. The van der Waals surface area contributed by atoms with Crippen LogP contribution in [0.15, 0.2) is 81.8 Å². The summed E-state index contributed by atoms with van der Waals surface area (Å²) in [7, 11) is 13.3. The van der Waals surface area contributed by atoms with Crippen molar-refractivity contribution in [3.63, 3.8) is 0 Å². The number of esters is 2. The van der Waals surface area contributed by atoms with Gasteiger partial charge in [0, 0.05) is 125 Å². The number of nitrogens with zero attached hydrogens (tertiary/aromatic N) is 10. The van der Waals surface area contributed by atoms with E-state index in [4.69, 9.17) is 81.3 Å². The van der Waals surface area contributed by atoms with Gasteiger partial charge in [0.2, 0.25) is 11.8 Å². The summed E-state index contributed by atoms with van der Waals surface area (Å²) in [4.78, 5) is 105. The van der Waals surface area contributed by atoms with Crippen LogP contribution in [0, 0.1) is 0 Å². The van der Waals surface area contributed by atoms with Crippen molar-refractivity contribution in [3.8, 4) is 34.5 Å². The third-order valence-corrected chi connectivity index (χ3v) is 22.7. The molecule has 0 unspecified atom stereocenters. The zero-order chi connectivity index (χ0) is 89.8. The van der Waals surface area contributed by atoms with Crippen LogP contribution >= 0.6 is 23.5 Å². The molecule has 688 valence electrons. The van der Waals surface area contributed by atoms with Crippen LogP contribution in [0.25, 0.3) is 0 Å². The van der Waals surface area contributed by atoms with E-state index < -0.39 is 0 Å². The Bertz CT molecular complexity index is 3980. The van der Waals surface area contributed by atoms with Crippen LogP contribution in [0.4, 0.5) is 11.4 Å². The lowest BCUT2D eigenvalue weighted by atomic mass is 10.1. The highest BCUT2D eigenvalue weighted by Crippen LogP contribution is 2.42. The predicted octanol–water partition coefficient (Wildman–Crippen LogP) is 7.90. The van der Waals surface area contributed by atoms with Crippen LogP contribution in [0.5, 0.6) is 34.5 Å². The van der Waals surface area contributed by atoms with Gasteiger partial charge in [-0.25, -0.2) is 0 Å². The second kappa shape index (κ2) is 55.1. The number of hydrogen-bond donors (Lipinski definition) is 2. The number of pyridine rings is 2. The predicted molar refractivity (Wildman–Crippen MR) is 472 cm³/mol. The topological polar surface area (TPSA) is 361 Å². The van der Waals surface area contributed by atoms with E-state index in [0.717, 1.165) is 19.4 Å². The van der Waals surface area contributed by atoms with Crippen molar-refractivity contribution in [2.75, 3.05) is 239 Å². The number of hydrogen-bond acceptors (Lipinski definition) is 32. The molecule has 2 fully saturated rings. The number of ether oxygens (including phenoxy) is 16. The Morgan fingerprint density at radius 1 is 0.452 bits per heavy atom. The quantitative estimate of drug-likeness (QED) is 0.0241. The van der Waals surface area contributed by atoms with Gasteiger partial charge in [-0.2, -0.15) is 0 Å². The van der Waals surface area contributed by atoms with Crippen LogP contribution in [-0.4, -0.2) is 359 Å². The van der Waals surface area contributed by atoms with Gasteiger partial charge in [0.05, 0.1) is 229 Å². The average Bonchev–Trinajstić information content (AvgIpc) is 1.62. The third kappa shape index (κ3) is 36.0. The summed E-state index contributed by atoms with van der Waals surface area (Å²) in [6.45, 7) is 24.1. The van der Waals surface area contributed by atoms with E-state index in [2.05, 4.69) is 64.1 Å². The van der Waals surface area contributed by atoms with Crippen molar-refractivity contribution in [3.05, 3.63) is 106 Å². The number of rotatable bonds is 58. The fraction of sp³-hybridized carbons (Fsp3) is 0.614. The normalized spacial score (nSPS) is 15.4. The molecule has 2 saturated heterocycles. The van der Waals surface area contributed by atoms with E-state index in [1.807, 2.05) is 62.3 Å². The Morgan fingerprint density at radius 3 is 1.13 bits per heavy atom. The molecule has 0 spiro atoms. The number of likely N-dealkylation sites (N-methyl/N-ethyl adjacent to an activating group) is 4. The number of aliphatic hydroxyl groups is 2. The highest BCUT2D eigenvalue weighted by Gasteiger charge is 2.37. The molecule has 0 saturated carbocycles. The van der Waals surface area contributed by atoms with E-state index >= 15 is 0 Å². The number of carbonyl (C=O) groups is 6. The minimum absolute atomic E-state index is 0.0152. The molecule has 34 nitrogen and oxygen atoms in total. The molecule has 124 heavy (non-hydrogen) atoms. The minimum atomic E-state index is -0.308. The van der Waals surface area contributed by atoms with E-state index in [-0.39, 0.29) is 96.4 Å². The fourth-order valence-corrected chi connectivity index (χ4v) is 15.3.